The molecule has 4 aromatic rings. The number of nitrogens with two attached hydrogens (primary N) is 1. The minimum Gasteiger partial charge on any atom is -0.490 e. The normalized spacial score (nSPS) is 21.1. The van der Waals surface area contributed by atoms with Crippen molar-refractivity contribution in [2.24, 2.45) is 12.8 Å². The van der Waals surface area contributed by atoms with Gasteiger partial charge in [0.1, 0.15) is 23.8 Å². The van der Waals surface area contributed by atoms with Crippen LogP contribution in [-0.4, -0.2) is 50.5 Å². The van der Waals surface area contributed by atoms with Gasteiger partial charge < -0.3 is 20.1 Å². The Morgan fingerprint density at radius 1 is 1.13 bits per heavy atom. The Labute approximate surface area is 229 Å². The highest BCUT2D eigenvalue weighted by Crippen LogP contribution is 2.31. The molecule has 9 nitrogen and oxygen atoms in total. The SMILES string of the molecule is Cn1c(Oc2cccc(OC3CC(F)C3)c2)nc2nc(N3CCC[C@@H](N)C3)n(Cc3ccccc3Cl)c2c1=O. The third-order valence-electron chi connectivity index (χ3n) is 7.31. The molecule has 2 aromatic carbocycles. The molecule has 1 saturated carbocycles. The summed E-state index contributed by atoms with van der Waals surface area (Å²) in [4.78, 5) is 25.3. The number of imidazole rings is 1. The molecule has 0 bridgehead atoms. The van der Waals surface area contributed by atoms with Crippen LogP contribution in [0.3, 0.4) is 0 Å². The number of halogens is 2. The number of anilines is 1. The van der Waals surface area contributed by atoms with Crippen LogP contribution in [0.15, 0.2) is 53.3 Å². The second-order valence-electron chi connectivity index (χ2n) is 10.3. The van der Waals surface area contributed by atoms with Crippen molar-refractivity contribution in [3.05, 3.63) is 69.5 Å². The van der Waals surface area contributed by atoms with Crippen LogP contribution in [0.25, 0.3) is 11.2 Å². The number of benzene rings is 2. The van der Waals surface area contributed by atoms with Crippen LogP contribution >= 0.6 is 11.6 Å². The topological polar surface area (TPSA) is 100 Å². The van der Waals surface area contributed by atoms with Crippen molar-refractivity contribution in [1.82, 2.24) is 19.1 Å². The lowest BCUT2D eigenvalue weighted by molar-refractivity contribution is 0.0409. The van der Waals surface area contributed by atoms with E-state index < -0.39 is 6.17 Å². The molecule has 0 unspecified atom stereocenters. The predicted molar refractivity (Wildman–Crippen MR) is 148 cm³/mol. The Hall–Kier alpha value is -3.63. The molecular weight excluding hydrogens is 523 g/mol. The number of aromatic nitrogens is 4. The van der Waals surface area contributed by atoms with Crippen molar-refractivity contribution in [1.29, 1.82) is 0 Å². The van der Waals surface area contributed by atoms with E-state index in [0.29, 0.717) is 53.9 Å². The van der Waals surface area contributed by atoms with Gasteiger partial charge in [0.25, 0.3) is 5.56 Å². The molecule has 2 aromatic heterocycles. The number of hydrogen-bond donors (Lipinski definition) is 1. The molecule has 1 aliphatic heterocycles. The number of ether oxygens (including phenoxy) is 2. The van der Waals surface area contributed by atoms with E-state index in [1.165, 1.54) is 4.57 Å². The van der Waals surface area contributed by atoms with Gasteiger partial charge in [0.15, 0.2) is 11.2 Å². The van der Waals surface area contributed by atoms with Crippen LogP contribution in [0, 0.1) is 0 Å². The Morgan fingerprint density at radius 2 is 1.92 bits per heavy atom. The van der Waals surface area contributed by atoms with Crippen LogP contribution in [0.5, 0.6) is 17.5 Å². The summed E-state index contributed by atoms with van der Waals surface area (Å²) in [6.45, 7) is 1.77. The van der Waals surface area contributed by atoms with E-state index in [1.54, 1.807) is 31.3 Å². The largest absolute Gasteiger partial charge is 0.490 e. The zero-order chi connectivity index (χ0) is 27.1. The molecule has 11 heteroatoms. The average Bonchev–Trinajstić information content (AvgIpc) is 3.26. The molecule has 204 valence electrons. The quantitative estimate of drug-likeness (QED) is 0.362. The number of nitrogens with zero attached hydrogens (tertiary/aromatic N) is 5. The lowest BCUT2D eigenvalue weighted by Crippen LogP contribution is -2.44. The molecule has 0 radical (unpaired) electrons. The first-order valence-electron chi connectivity index (χ1n) is 13.2. The van der Waals surface area contributed by atoms with E-state index in [4.69, 9.17) is 31.8 Å². The summed E-state index contributed by atoms with van der Waals surface area (Å²) in [6, 6.07) is 14.7. The first kappa shape index (κ1) is 25.6. The summed E-state index contributed by atoms with van der Waals surface area (Å²) in [5, 5.41) is 0.608. The Balaban J connectivity index is 1.38. The fourth-order valence-electron chi connectivity index (χ4n) is 5.11. The van der Waals surface area contributed by atoms with Gasteiger partial charge in [-0.25, -0.2) is 4.39 Å². The monoisotopic (exact) mass is 552 g/mol. The first-order valence-corrected chi connectivity index (χ1v) is 13.5. The van der Waals surface area contributed by atoms with E-state index >= 15 is 0 Å². The van der Waals surface area contributed by atoms with Gasteiger partial charge in [0, 0.05) is 50.1 Å². The Bertz CT molecular complexity index is 1570. The molecule has 2 fully saturated rings. The lowest BCUT2D eigenvalue weighted by Gasteiger charge is -2.31. The highest BCUT2D eigenvalue weighted by molar-refractivity contribution is 6.31. The van der Waals surface area contributed by atoms with E-state index in [9.17, 15) is 9.18 Å². The smallest absolute Gasteiger partial charge is 0.306 e. The van der Waals surface area contributed by atoms with Crippen LogP contribution in [0.1, 0.15) is 31.2 Å². The van der Waals surface area contributed by atoms with E-state index in [1.807, 2.05) is 28.8 Å². The van der Waals surface area contributed by atoms with Gasteiger partial charge in [-0.2, -0.15) is 9.97 Å². The maximum absolute atomic E-state index is 13.7. The zero-order valence-electron chi connectivity index (χ0n) is 21.6. The highest BCUT2D eigenvalue weighted by Gasteiger charge is 2.31. The minimum absolute atomic E-state index is 0.0206. The summed E-state index contributed by atoms with van der Waals surface area (Å²) in [7, 11) is 1.61. The van der Waals surface area contributed by atoms with Crippen LogP contribution < -0.4 is 25.7 Å². The number of alkyl halides is 1. The Morgan fingerprint density at radius 3 is 2.69 bits per heavy atom. The van der Waals surface area contributed by atoms with Crippen molar-refractivity contribution in [3.63, 3.8) is 0 Å². The van der Waals surface area contributed by atoms with Gasteiger partial charge in [-0.3, -0.25) is 13.9 Å². The van der Waals surface area contributed by atoms with Crippen molar-refractivity contribution in [2.75, 3.05) is 18.0 Å². The number of hydrogen-bond acceptors (Lipinski definition) is 7. The average molecular weight is 553 g/mol. The van der Waals surface area contributed by atoms with Crippen LogP contribution in [0.4, 0.5) is 10.3 Å². The molecule has 1 aliphatic carbocycles. The van der Waals surface area contributed by atoms with Gasteiger partial charge >= 0.3 is 6.01 Å². The van der Waals surface area contributed by atoms with Crippen LogP contribution in [0.2, 0.25) is 5.02 Å². The van der Waals surface area contributed by atoms with E-state index in [0.717, 1.165) is 24.9 Å². The second kappa shape index (κ2) is 10.5. The summed E-state index contributed by atoms with van der Waals surface area (Å²) in [5.41, 5.74) is 7.50. The van der Waals surface area contributed by atoms with Gasteiger partial charge in [-0.15, -0.1) is 0 Å². The molecule has 2 aliphatic rings. The molecule has 2 N–H and O–H groups in total. The van der Waals surface area contributed by atoms with Gasteiger partial charge in [0.2, 0.25) is 5.95 Å². The van der Waals surface area contributed by atoms with Crippen molar-refractivity contribution >= 4 is 28.7 Å². The maximum atomic E-state index is 13.7. The zero-order valence-corrected chi connectivity index (χ0v) is 22.4. The maximum Gasteiger partial charge on any atom is 0.306 e. The molecule has 6 rings (SSSR count). The predicted octanol–water partition coefficient (Wildman–Crippen LogP) is 4.43. The number of piperidine rings is 1. The van der Waals surface area contributed by atoms with Crippen LogP contribution in [-0.2, 0) is 13.6 Å². The van der Waals surface area contributed by atoms with E-state index in [2.05, 4.69) is 9.88 Å². The van der Waals surface area contributed by atoms with Gasteiger partial charge in [0.05, 0.1) is 6.54 Å². The summed E-state index contributed by atoms with van der Waals surface area (Å²) >= 11 is 6.49. The standard InChI is InChI=1S/C28H30ClFN6O3/c1-34-26(37)24-25(33-28(34)39-21-9-4-8-20(14-21)38-22-12-18(30)13-22)32-27(35-11-5-7-19(31)16-35)36(24)15-17-6-2-3-10-23(17)29/h2-4,6,8-10,14,18-19,22H,5,7,11-13,15-16,31H2,1H3/t18?,19-,22?/m1/s1. The molecule has 1 atom stereocenters. The number of rotatable bonds is 7. The molecular formula is C28H30ClFN6O3. The number of fused-ring (bicyclic) bond motifs is 1. The molecule has 0 spiro atoms. The third kappa shape index (κ3) is 5.18. The Kier molecular flexibility index (Phi) is 6.90. The fourth-order valence-corrected chi connectivity index (χ4v) is 5.30. The van der Waals surface area contributed by atoms with E-state index in [-0.39, 0.29) is 29.4 Å². The lowest BCUT2D eigenvalue weighted by atomic mass is 9.94. The molecule has 1 saturated heterocycles. The highest BCUT2D eigenvalue weighted by atomic mass is 35.5. The fraction of sp³-hybridized carbons (Fsp3) is 0.393. The first-order chi connectivity index (χ1) is 18.9. The van der Waals surface area contributed by atoms with Crippen molar-refractivity contribution < 1.29 is 13.9 Å². The van der Waals surface area contributed by atoms with Crippen molar-refractivity contribution in [3.8, 4) is 17.5 Å². The second-order valence-corrected chi connectivity index (χ2v) is 10.7. The summed E-state index contributed by atoms with van der Waals surface area (Å²) < 4.78 is 28.3. The minimum atomic E-state index is -0.803. The van der Waals surface area contributed by atoms with Gasteiger partial charge in [-0.1, -0.05) is 35.9 Å². The third-order valence-corrected chi connectivity index (χ3v) is 7.68. The summed E-state index contributed by atoms with van der Waals surface area (Å²) in [5.74, 6) is 1.65. The molecule has 0 amide bonds. The molecule has 3 heterocycles. The van der Waals surface area contributed by atoms with Crippen molar-refractivity contribution in [2.45, 2.75) is 50.5 Å². The van der Waals surface area contributed by atoms with Gasteiger partial charge in [-0.05, 0) is 36.6 Å². The summed E-state index contributed by atoms with van der Waals surface area (Å²) in [6.07, 6.45) is 1.71. The molecule has 39 heavy (non-hydrogen) atoms.